The molecule has 1 fully saturated rings. The Morgan fingerprint density at radius 2 is 1.80 bits per heavy atom. The van der Waals surface area contributed by atoms with Gasteiger partial charge in [-0.25, -0.2) is 14.6 Å². The minimum atomic E-state index is -1.26. The number of fused-ring (bicyclic) bond motifs is 5. The number of esters is 2. The maximum absolute atomic E-state index is 13.7. The summed E-state index contributed by atoms with van der Waals surface area (Å²) in [6.45, 7) is 2.83. The van der Waals surface area contributed by atoms with E-state index in [9.17, 15) is 19.5 Å². The first-order chi connectivity index (χ1) is 16.8. The number of carbonyl (C=O) groups excluding carboxylic acids is 3. The second-order valence-electron chi connectivity index (χ2n) is 9.06. The highest BCUT2D eigenvalue weighted by Gasteiger charge is 2.42. The summed E-state index contributed by atoms with van der Waals surface area (Å²) in [6, 6.07) is 7.50. The third-order valence-electron chi connectivity index (χ3n) is 6.96. The van der Waals surface area contributed by atoms with Crippen LogP contribution in [0.15, 0.2) is 24.3 Å². The van der Waals surface area contributed by atoms with Crippen molar-refractivity contribution in [3.05, 3.63) is 46.8 Å². The average molecular weight is 477 g/mol. The fraction of sp³-hybridized carbons (Fsp3) is 0.360. The molecule has 3 aromatic rings. The molecule has 1 aromatic heterocycles. The van der Waals surface area contributed by atoms with Crippen LogP contribution in [0.1, 0.15) is 46.3 Å². The van der Waals surface area contributed by atoms with E-state index in [0.29, 0.717) is 30.9 Å². The molecule has 0 radical (unpaired) electrons. The molecule has 0 saturated carbocycles. The molecule has 3 aliphatic rings. The maximum atomic E-state index is 13.7. The van der Waals surface area contributed by atoms with Crippen LogP contribution in [0.5, 0.6) is 17.2 Å². The summed E-state index contributed by atoms with van der Waals surface area (Å²) in [5.74, 6) is -2.63. The van der Waals surface area contributed by atoms with Crippen molar-refractivity contribution in [3.8, 4) is 17.2 Å². The van der Waals surface area contributed by atoms with Crippen LogP contribution >= 0.6 is 0 Å². The van der Waals surface area contributed by atoms with E-state index in [-0.39, 0.29) is 28.3 Å². The molecular weight excluding hydrogens is 454 g/mol. The van der Waals surface area contributed by atoms with E-state index in [4.69, 9.17) is 14.2 Å². The number of benzene rings is 2. The van der Waals surface area contributed by atoms with Crippen molar-refractivity contribution >= 4 is 28.9 Å². The molecule has 0 spiro atoms. The van der Waals surface area contributed by atoms with Gasteiger partial charge in [-0.2, -0.15) is 0 Å². The highest BCUT2D eigenvalue weighted by atomic mass is 16.6. The molecule has 1 saturated heterocycles. The molecule has 1 aliphatic carbocycles. The smallest absolute Gasteiger partial charge is 0.423 e. The molecule has 2 unspecified atom stereocenters. The number of amides is 1. The van der Waals surface area contributed by atoms with Crippen molar-refractivity contribution in [1.82, 2.24) is 14.5 Å². The zero-order chi connectivity index (χ0) is 24.4. The monoisotopic (exact) mass is 477 g/mol. The number of nitrogens with zero attached hydrogens (tertiary/aromatic N) is 3. The van der Waals surface area contributed by atoms with Crippen LogP contribution in [0.3, 0.4) is 0 Å². The van der Waals surface area contributed by atoms with Gasteiger partial charge in [0, 0.05) is 26.6 Å². The lowest BCUT2D eigenvalue weighted by Crippen LogP contribution is -2.28. The first-order valence-corrected chi connectivity index (χ1v) is 11.5. The van der Waals surface area contributed by atoms with Crippen molar-refractivity contribution in [1.29, 1.82) is 0 Å². The molecule has 1 amide bonds. The fourth-order valence-electron chi connectivity index (χ4n) is 5.12. The van der Waals surface area contributed by atoms with E-state index in [0.717, 1.165) is 24.0 Å². The van der Waals surface area contributed by atoms with E-state index >= 15 is 0 Å². The third kappa shape index (κ3) is 3.20. The number of ether oxygens (including phenoxy) is 3. The summed E-state index contributed by atoms with van der Waals surface area (Å²) in [5, 5.41) is 10.8. The Hall–Kier alpha value is -3.92. The highest BCUT2D eigenvalue weighted by Crippen LogP contribution is 2.50. The van der Waals surface area contributed by atoms with Crippen LogP contribution in [0, 0.1) is 6.92 Å². The third-order valence-corrected chi connectivity index (χ3v) is 6.96. The average Bonchev–Trinajstić information content (AvgIpc) is 3.53. The summed E-state index contributed by atoms with van der Waals surface area (Å²) in [6.07, 6.45) is 0.428. The van der Waals surface area contributed by atoms with Crippen molar-refractivity contribution in [3.63, 3.8) is 0 Å². The van der Waals surface area contributed by atoms with Gasteiger partial charge in [-0.05, 0) is 30.9 Å². The minimum absolute atomic E-state index is 0.0161. The molecule has 35 heavy (non-hydrogen) atoms. The number of aryl methyl sites for hydroxylation is 2. The Balaban J connectivity index is 1.62. The first-order valence-electron chi connectivity index (χ1n) is 11.5. The number of likely N-dealkylation sites (tertiary alicyclic amines) is 1. The van der Waals surface area contributed by atoms with Crippen LogP contribution in [0.25, 0.3) is 11.0 Å². The van der Waals surface area contributed by atoms with E-state index in [1.165, 1.54) is 0 Å². The van der Waals surface area contributed by atoms with Crippen molar-refractivity contribution in [2.75, 3.05) is 13.1 Å². The van der Waals surface area contributed by atoms with E-state index in [1.807, 2.05) is 24.3 Å². The molecule has 3 heterocycles. The number of aliphatic hydroxyl groups is 1. The first kappa shape index (κ1) is 21.6. The van der Waals surface area contributed by atoms with Crippen molar-refractivity contribution in [2.45, 2.75) is 38.4 Å². The summed E-state index contributed by atoms with van der Waals surface area (Å²) in [4.78, 5) is 44.8. The van der Waals surface area contributed by atoms with E-state index in [1.54, 1.807) is 23.4 Å². The Kier molecular flexibility index (Phi) is 4.82. The lowest BCUT2D eigenvalue weighted by atomic mass is 10.1. The molecule has 2 bridgehead atoms. The number of imidazole rings is 1. The van der Waals surface area contributed by atoms with Gasteiger partial charge in [0.15, 0.2) is 23.4 Å². The number of carbonyl (C=O) groups is 3. The van der Waals surface area contributed by atoms with Gasteiger partial charge in [0.25, 0.3) is 5.91 Å². The molecule has 2 aromatic carbocycles. The van der Waals surface area contributed by atoms with Gasteiger partial charge in [0.2, 0.25) is 0 Å². The van der Waals surface area contributed by atoms with Gasteiger partial charge in [-0.1, -0.05) is 24.3 Å². The summed E-state index contributed by atoms with van der Waals surface area (Å²) < 4.78 is 18.9. The quantitative estimate of drug-likeness (QED) is 0.345. The van der Waals surface area contributed by atoms with E-state index in [2.05, 4.69) is 4.98 Å². The number of aromatic nitrogens is 2. The molecule has 6 rings (SSSR count). The zero-order valence-corrected chi connectivity index (χ0v) is 19.2. The zero-order valence-electron chi connectivity index (χ0n) is 19.2. The molecule has 2 aliphatic heterocycles. The molecule has 180 valence electrons. The van der Waals surface area contributed by atoms with Crippen LogP contribution in [-0.4, -0.2) is 56.6 Å². The van der Waals surface area contributed by atoms with Gasteiger partial charge >= 0.3 is 11.9 Å². The Morgan fingerprint density at radius 1 is 1.11 bits per heavy atom. The molecule has 10 nitrogen and oxygen atoms in total. The van der Waals surface area contributed by atoms with Crippen LogP contribution in [0.2, 0.25) is 0 Å². The number of rotatable bonds is 3. The second kappa shape index (κ2) is 7.81. The standard InChI is InChI=1S/C25H23N3O7/c1-12-26-17-18(27(12)2)20-16(23(30)28-9-5-6-10-28)21(35-25(32)24(31)34-20)22(17)33-19-14-8-4-3-7-13(14)11-15(19)29/h3-4,7-8,15,19,29H,5-6,9-11H2,1-2H3. The summed E-state index contributed by atoms with van der Waals surface area (Å²) in [7, 11) is 1.72. The summed E-state index contributed by atoms with van der Waals surface area (Å²) in [5.41, 5.74) is 2.27. The number of aliphatic hydroxyl groups excluding tert-OH is 1. The Bertz CT molecular complexity index is 1420. The summed E-state index contributed by atoms with van der Waals surface area (Å²) >= 11 is 0. The van der Waals surface area contributed by atoms with Gasteiger partial charge in [-0.15, -0.1) is 0 Å². The Morgan fingerprint density at radius 3 is 2.54 bits per heavy atom. The maximum Gasteiger partial charge on any atom is 0.423 e. The lowest BCUT2D eigenvalue weighted by molar-refractivity contribution is -0.155. The van der Waals surface area contributed by atoms with Gasteiger partial charge in [-0.3, -0.25) is 4.79 Å². The molecule has 1 N–H and O–H groups in total. The fourth-order valence-corrected chi connectivity index (χ4v) is 5.12. The predicted molar refractivity (Wildman–Crippen MR) is 121 cm³/mol. The predicted octanol–water partition coefficient (Wildman–Crippen LogP) is 1.98. The van der Waals surface area contributed by atoms with Gasteiger partial charge in [0.1, 0.15) is 22.4 Å². The molecule has 10 heteroatoms. The number of hydrogen-bond donors (Lipinski definition) is 1. The van der Waals surface area contributed by atoms with Gasteiger partial charge in [0.05, 0.1) is 6.10 Å². The van der Waals surface area contributed by atoms with Crippen LogP contribution in [-0.2, 0) is 23.1 Å². The lowest BCUT2D eigenvalue weighted by Gasteiger charge is -2.23. The van der Waals surface area contributed by atoms with Crippen molar-refractivity contribution in [2.24, 2.45) is 7.05 Å². The Labute approximate surface area is 200 Å². The van der Waals surface area contributed by atoms with Crippen molar-refractivity contribution < 1.29 is 33.7 Å². The topological polar surface area (TPSA) is 120 Å². The van der Waals surface area contributed by atoms with E-state index < -0.39 is 30.1 Å². The normalized spacial score (nSPS) is 21.1. The largest absolute Gasteiger partial charge is 0.477 e. The minimum Gasteiger partial charge on any atom is -0.477 e. The second-order valence-corrected chi connectivity index (χ2v) is 9.06. The highest BCUT2D eigenvalue weighted by molar-refractivity contribution is 6.32. The number of hydrogen-bond acceptors (Lipinski definition) is 8. The van der Waals surface area contributed by atoms with Crippen LogP contribution in [0.4, 0.5) is 0 Å². The van der Waals surface area contributed by atoms with Crippen LogP contribution < -0.4 is 14.2 Å². The van der Waals surface area contributed by atoms with Gasteiger partial charge < -0.3 is 28.8 Å². The molecular formula is C25H23N3O7. The molecule has 2 atom stereocenters. The SMILES string of the molecule is Cc1nc2c(OC3c4ccccc4CC3O)c3c(C(=O)N4CCCC4)c(c2n1C)OC(=O)C(=O)O3.